The first kappa shape index (κ1) is 9.24. The van der Waals surface area contributed by atoms with Crippen LogP contribution in [0.4, 0.5) is 13.2 Å². The minimum absolute atomic E-state index is 0.0969. The van der Waals surface area contributed by atoms with Crippen molar-refractivity contribution in [3.63, 3.8) is 0 Å². The number of alkyl halides is 3. The van der Waals surface area contributed by atoms with Gasteiger partial charge >= 0.3 is 6.18 Å². The molecule has 0 aromatic heterocycles. The molecule has 1 aliphatic rings. The predicted molar refractivity (Wildman–Crippen MR) is 43.9 cm³/mol. The standard InChI is InChI=1S/C10H7F3O/c11-10(12,13)9-7-4-2-1-3-6(7)5-8(9)14/h1-4,9H,5H2. The van der Waals surface area contributed by atoms with Gasteiger partial charge in [-0.05, 0) is 11.1 Å². The second-order valence-corrected chi connectivity index (χ2v) is 3.32. The topological polar surface area (TPSA) is 17.1 Å². The fraction of sp³-hybridized carbons (Fsp3) is 0.300. The highest BCUT2D eigenvalue weighted by Crippen LogP contribution is 2.41. The Kier molecular flexibility index (Phi) is 1.87. The number of fused-ring (bicyclic) bond motifs is 1. The van der Waals surface area contributed by atoms with Gasteiger partial charge in [0.2, 0.25) is 0 Å². The van der Waals surface area contributed by atoms with Gasteiger partial charge in [-0.25, -0.2) is 0 Å². The molecule has 1 aromatic carbocycles. The van der Waals surface area contributed by atoms with E-state index in [0.29, 0.717) is 5.56 Å². The van der Waals surface area contributed by atoms with Crippen molar-refractivity contribution >= 4 is 5.78 Å². The second-order valence-electron chi connectivity index (χ2n) is 3.32. The van der Waals surface area contributed by atoms with Gasteiger partial charge < -0.3 is 0 Å². The van der Waals surface area contributed by atoms with E-state index in [1.165, 1.54) is 12.1 Å². The Labute approximate surface area is 78.5 Å². The number of hydrogen-bond acceptors (Lipinski definition) is 1. The summed E-state index contributed by atoms with van der Waals surface area (Å²) in [4.78, 5) is 11.2. The minimum atomic E-state index is -4.45. The molecule has 0 heterocycles. The molecule has 1 unspecified atom stereocenters. The Morgan fingerprint density at radius 3 is 2.50 bits per heavy atom. The zero-order chi connectivity index (χ0) is 10.3. The summed E-state index contributed by atoms with van der Waals surface area (Å²) in [6, 6.07) is 6.11. The zero-order valence-corrected chi connectivity index (χ0v) is 7.14. The summed E-state index contributed by atoms with van der Waals surface area (Å²) in [6.07, 6.45) is -4.55. The van der Waals surface area contributed by atoms with Gasteiger partial charge in [0, 0.05) is 6.42 Å². The molecule has 1 aliphatic carbocycles. The van der Waals surface area contributed by atoms with Gasteiger partial charge in [0.05, 0.1) is 0 Å². The fourth-order valence-corrected chi connectivity index (χ4v) is 1.80. The Morgan fingerprint density at radius 1 is 1.21 bits per heavy atom. The third-order valence-electron chi connectivity index (χ3n) is 2.38. The monoisotopic (exact) mass is 200 g/mol. The van der Waals surface area contributed by atoms with E-state index in [1.54, 1.807) is 12.1 Å². The van der Waals surface area contributed by atoms with Crippen LogP contribution in [0.2, 0.25) is 0 Å². The summed E-state index contributed by atoms with van der Waals surface area (Å²) in [5.74, 6) is -2.66. The molecular weight excluding hydrogens is 193 g/mol. The quantitative estimate of drug-likeness (QED) is 0.628. The summed E-state index contributed by atoms with van der Waals surface area (Å²) < 4.78 is 37.4. The summed E-state index contributed by atoms with van der Waals surface area (Å²) in [5.41, 5.74) is 0.616. The summed E-state index contributed by atoms with van der Waals surface area (Å²) in [5, 5.41) is 0. The van der Waals surface area contributed by atoms with Crippen LogP contribution in [0.3, 0.4) is 0 Å². The number of ketones is 1. The van der Waals surface area contributed by atoms with Crippen molar-refractivity contribution in [2.45, 2.75) is 18.5 Å². The molecule has 1 aromatic rings. The molecule has 2 rings (SSSR count). The molecule has 4 heteroatoms. The average Bonchev–Trinajstić information content (AvgIpc) is 2.38. The summed E-state index contributed by atoms with van der Waals surface area (Å²) in [7, 11) is 0. The van der Waals surface area contributed by atoms with E-state index in [2.05, 4.69) is 0 Å². The third kappa shape index (κ3) is 1.31. The van der Waals surface area contributed by atoms with Crippen LogP contribution in [0.1, 0.15) is 17.0 Å². The number of carbonyl (C=O) groups is 1. The van der Waals surface area contributed by atoms with E-state index in [1.807, 2.05) is 0 Å². The van der Waals surface area contributed by atoms with Crippen LogP contribution in [0.25, 0.3) is 0 Å². The molecule has 0 N–H and O–H groups in total. The smallest absolute Gasteiger partial charge is 0.298 e. The number of rotatable bonds is 0. The lowest BCUT2D eigenvalue weighted by atomic mass is 10.0. The molecule has 0 aliphatic heterocycles. The normalized spacial score (nSPS) is 21.1. The number of carbonyl (C=O) groups excluding carboxylic acids is 1. The molecule has 0 spiro atoms. The Hall–Kier alpha value is -1.32. The highest BCUT2D eigenvalue weighted by molar-refractivity contribution is 5.93. The van der Waals surface area contributed by atoms with Crippen LogP contribution in [0.15, 0.2) is 24.3 Å². The third-order valence-corrected chi connectivity index (χ3v) is 2.38. The number of Topliss-reactive ketones (excluding diaryl/α,β-unsaturated/α-hetero) is 1. The van der Waals surface area contributed by atoms with E-state index < -0.39 is 17.9 Å². The van der Waals surface area contributed by atoms with Crippen LogP contribution in [-0.2, 0) is 11.2 Å². The van der Waals surface area contributed by atoms with Gasteiger partial charge in [0.25, 0.3) is 0 Å². The predicted octanol–water partition coefficient (Wildman–Crippen LogP) is 2.46. The first-order chi connectivity index (χ1) is 6.50. The van der Waals surface area contributed by atoms with E-state index >= 15 is 0 Å². The molecule has 14 heavy (non-hydrogen) atoms. The molecule has 1 atom stereocenters. The highest BCUT2D eigenvalue weighted by atomic mass is 19.4. The van der Waals surface area contributed by atoms with E-state index in [0.717, 1.165) is 0 Å². The molecule has 0 fully saturated rings. The Bertz CT molecular complexity index is 381. The highest BCUT2D eigenvalue weighted by Gasteiger charge is 2.49. The second kappa shape index (κ2) is 2.83. The lowest BCUT2D eigenvalue weighted by Gasteiger charge is -2.13. The molecule has 1 nitrogen and oxygen atoms in total. The number of benzene rings is 1. The van der Waals surface area contributed by atoms with Crippen molar-refractivity contribution in [2.24, 2.45) is 0 Å². The zero-order valence-electron chi connectivity index (χ0n) is 7.14. The number of hydrogen-bond donors (Lipinski definition) is 0. The summed E-state index contributed by atoms with van der Waals surface area (Å²) in [6.45, 7) is 0. The molecule has 0 bridgehead atoms. The molecule has 74 valence electrons. The first-order valence-electron chi connectivity index (χ1n) is 4.17. The largest absolute Gasteiger partial charge is 0.402 e. The van der Waals surface area contributed by atoms with Crippen molar-refractivity contribution in [1.29, 1.82) is 0 Å². The average molecular weight is 200 g/mol. The van der Waals surface area contributed by atoms with Gasteiger partial charge in [-0.2, -0.15) is 13.2 Å². The molecule has 0 radical (unpaired) electrons. The van der Waals surface area contributed by atoms with Gasteiger partial charge in [0.1, 0.15) is 5.92 Å². The Balaban J connectivity index is 2.50. The molecule has 0 saturated heterocycles. The van der Waals surface area contributed by atoms with Crippen LogP contribution < -0.4 is 0 Å². The minimum Gasteiger partial charge on any atom is -0.298 e. The lowest BCUT2D eigenvalue weighted by molar-refractivity contribution is -0.161. The van der Waals surface area contributed by atoms with Gasteiger partial charge in [0.15, 0.2) is 5.78 Å². The van der Waals surface area contributed by atoms with Crippen LogP contribution >= 0.6 is 0 Å². The van der Waals surface area contributed by atoms with Crippen molar-refractivity contribution in [3.05, 3.63) is 35.4 Å². The van der Waals surface area contributed by atoms with E-state index in [9.17, 15) is 18.0 Å². The maximum Gasteiger partial charge on any atom is 0.402 e. The Morgan fingerprint density at radius 2 is 1.86 bits per heavy atom. The molecule has 0 amide bonds. The van der Waals surface area contributed by atoms with Crippen molar-refractivity contribution < 1.29 is 18.0 Å². The summed E-state index contributed by atoms with van der Waals surface area (Å²) >= 11 is 0. The maximum atomic E-state index is 12.5. The fourth-order valence-electron chi connectivity index (χ4n) is 1.80. The lowest BCUT2D eigenvalue weighted by Crippen LogP contribution is -2.24. The van der Waals surface area contributed by atoms with Crippen LogP contribution in [0.5, 0.6) is 0 Å². The van der Waals surface area contributed by atoms with Crippen LogP contribution in [-0.4, -0.2) is 12.0 Å². The van der Waals surface area contributed by atoms with Crippen LogP contribution in [0, 0.1) is 0 Å². The van der Waals surface area contributed by atoms with E-state index in [-0.39, 0.29) is 12.0 Å². The van der Waals surface area contributed by atoms with Crippen molar-refractivity contribution in [3.8, 4) is 0 Å². The van der Waals surface area contributed by atoms with E-state index in [4.69, 9.17) is 0 Å². The van der Waals surface area contributed by atoms with Crippen molar-refractivity contribution in [2.75, 3.05) is 0 Å². The number of halogens is 3. The van der Waals surface area contributed by atoms with Gasteiger partial charge in [-0.3, -0.25) is 4.79 Å². The maximum absolute atomic E-state index is 12.5. The van der Waals surface area contributed by atoms with Gasteiger partial charge in [-0.1, -0.05) is 24.3 Å². The van der Waals surface area contributed by atoms with Gasteiger partial charge in [-0.15, -0.1) is 0 Å². The molecular formula is C10H7F3O. The van der Waals surface area contributed by atoms with Crippen molar-refractivity contribution in [1.82, 2.24) is 0 Å². The first-order valence-corrected chi connectivity index (χ1v) is 4.17. The SMILES string of the molecule is O=C1Cc2ccccc2C1C(F)(F)F. The molecule has 0 saturated carbocycles.